The number of thiazole rings is 1. The van der Waals surface area contributed by atoms with Gasteiger partial charge >= 0.3 is 0 Å². The molecule has 0 saturated carbocycles. The zero-order valence-corrected chi connectivity index (χ0v) is 10.8. The minimum atomic E-state index is -0.347. The van der Waals surface area contributed by atoms with Crippen molar-refractivity contribution in [3.63, 3.8) is 0 Å². The second kappa shape index (κ2) is 6.53. The van der Waals surface area contributed by atoms with Crippen molar-refractivity contribution in [3.05, 3.63) is 34.7 Å². The zero-order valence-electron chi connectivity index (χ0n) is 10.0. The van der Waals surface area contributed by atoms with E-state index in [1.165, 1.54) is 12.3 Å². The first-order chi connectivity index (χ1) is 8.79. The van der Waals surface area contributed by atoms with Crippen molar-refractivity contribution in [2.24, 2.45) is 0 Å². The molecule has 0 unspecified atom stereocenters. The van der Waals surface area contributed by atoms with Crippen LogP contribution in [0.2, 0.25) is 0 Å². The van der Waals surface area contributed by atoms with Crippen LogP contribution in [0.5, 0.6) is 0 Å². The number of nitrogens with zero attached hydrogens (tertiary/aromatic N) is 2. The van der Waals surface area contributed by atoms with Gasteiger partial charge in [-0.1, -0.05) is 0 Å². The summed E-state index contributed by atoms with van der Waals surface area (Å²) in [7, 11) is 1.67. The summed E-state index contributed by atoms with van der Waals surface area (Å²) in [5.74, 6) is -0.347. The van der Waals surface area contributed by atoms with Crippen LogP contribution >= 0.6 is 11.3 Å². The molecule has 0 spiro atoms. The lowest BCUT2D eigenvalue weighted by atomic mass is 10.2. The Kier molecular flexibility index (Phi) is 4.74. The lowest BCUT2D eigenvalue weighted by Gasteiger charge is -2.00. The first kappa shape index (κ1) is 13.1. The molecule has 2 aromatic rings. The van der Waals surface area contributed by atoms with Crippen molar-refractivity contribution >= 4 is 11.3 Å². The molecular weight excluding hydrogens is 253 g/mol. The van der Waals surface area contributed by atoms with E-state index in [2.05, 4.69) is 15.3 Å². The summed E-state index contributed by atoms with van der Waals surface area (Å²) in [5, 5.41) is 6.08. The number of rotatable bonds is 6. The van der Waals surface area contributed by atoms with E-state index in [0.29, 0.717) is 18.7 Å². The van der Waals surface area contributed by atoms with E-state index in [9.17, 15) is 4.39 Å². The van der Waals surface area contributed by atoms with Gasteiger partial charge in [0.1, 0.15) is 10.8 Å². The summed E-state index contributed by atoms with van der Waals surface area (Å²) in [6.07, 6.45) is 2.79. The van der Waals surface area contributed by atoms with E-state index >= 15 is 0 Å². The molecule has 0 aliphatic heterocycles. The number of halogens is 1. The van der Waals surface area contributed by atoms with Gasteiger partial charge in [0.05, 0.1) is 18.5 Å². The summed E-state index contributed by atoms with van der Waals surface area (Å²) in [5.41, 5.74) is 1.46. The van der Waals surface area contributed by atoms with Gasteiger partial charge in [-0.3, -0.25) is 4.98 Å². The van der Waals surface area contributed by atoms with Crippen LogP contribution in [0.4, 0.5) is 4.39 Å². The van der Waals surface area contributed by atoms with Crippen LogP contribution in [-0.4, -0.2) is 30.2 Å². The Labute approximate surface area is 109 Å². The van der Waals surface area contributed by atoms with Crippen LogP contribution in [-0.2, 0) is 11.3 Å². The molecule has 0 aromatic carbocycles. The summed E-state index contributed by atoms with van der Waals surface area (Å²) >= 11 is 1.54. The molecule has 0 aliphatic rings. The Hall–Kier alpha value is -1.37. The van der Waals surface area contributed by atoms with Gasteiger partial charge in [-0.2, -0.15) is 0 Å². The molecule has 0 aliphatic carbocycles. The fraction of sp³-hybridized carbons (Fsp3) is 0.333. The van der Waals surface area contributed by atoms with Crippen molar-refractivity contribution < 1.29 is 9.13 Å². The first-order valence-corrected chi connectivity index (χ1v) is 6.42. The molecule has 96 valence electrons. The first-order valence-electron chi connectivity index (χ1n) is 5.54. The van der Waals surface area contributed by atoms with Gasteiger partial charge in [0.2, 0.25) is 0 Å². The molecule has 2 rings (SSSR count). The molecule has 0 bridgehead atoms. The SMILES string of the molecule is COCCNCc1nc(-c2cncc(F)c2)cs1. The monoisotopic (exact) mass is 267 g/mol. The molecular formula is C12H14FN3OS. The topological polar surface area (TPSA) is 47.0 Å². The van der Waals surface area contributed by atoms with Gasteiger partial charge < -0.3 is 10.1 Å². The van der Waals surface area contributed by atoms with Crippen LogP contribution in [0.3, 0.4) is 0 Å². The van der Waals surface area contributed by atoms with E-state index in [4.69, 9.17) is 4.74 Å². The van der Waals surface area contributed by atoms with Crippen LogP contribution in [0.15, 0.2) is 23.8 Å². The summed E-state index contributed by atoms with van der Waals surface area (Å²) in [4.78, 5) is 8.24. The Balaban J connectivity index is 1.97. The standard InChI is InChI=1S/C12H14FN3OS/c1-17-3-2-14-7-12-16-11(8-18-12)9-4-10(13)6-15-5-9/h4-6,8,14H,2-3,7H2,1H3. The largest absolute Gasteiger partial charge is 0.383 e. The van der Waals surface area contributed by atoms with Crippen LogP contribution in [0, 0.1) is 5.82 Å². The maximum absolute atomic E-state index is 13.0. The minimum absolute atomic E-state index is 0.347. The Morgan fingerprint density at radius 1 is 1.44 bits per heavy atom. The summed E-state index contributed by atoms with van der Waals surface area (Å²) < 4.78 is 18.0. The molecule has 1 N–H and O–H groups in total. The van der Waals surface area contributed by atoms with Gasteiger partial charge in [0, 0.05) is 37.3 Å². The molecule has 2 aromatic heterocycles. The Morgan fingerprint density at radius 2 is 2.33 bits per heavy atom. The summed E-state index contributed by atoms with van der Waals surface area (Å²) in [6.45, 7) is 2.15. The van der Waals surface area contributed by atoms with Crippen molar-refractivity contribution in [3.8, 4) is 11.3 Å². The maximum Gasteiger partial charge on any atom is 0.142 e. The molecule has 0 saturated heterocycles. The smallest absolute Gasteiger partial charge is 0.142 e. The van der Waals surface area contributed by atoms with Gasteiger partial charge in [-0.05, 0) is 6.07 Å². The van der Waals surface area contributed by atoms with Gasteiger partial charge in [-0.25, -0.2) is 9.37 Å². The van der Waals surface area contributed by atoms with Gasteiger partial charge in [0.25, 0.3) is 0 Å². The molecule has 4 nitrogen and oxygen atoms in total. The van der Waals surface area contributed by atoms with Gasteiger partial charge in [-0.15, -0.1) is 11.3 Å². The molecule has 18 heavy (non-hydrogen) atoms. The Bertz CT molecular complexity index is 504. The lowest BCUT2D eigenvalue weighted by molar-refractivity contribution is 0.199. The Morgan fingerprint density at radius 3 is 3.11 bits per heavy atom. The van der Waals surface area contributed by atoms with Crippen LogP contribution < -0.4 is 5.32 Å². The van der Waals surface area contributed by atoms with E-state index in [0.717, 1.165) is 17.2 Å². The fourth-order valence-electron chi connectivity index (χ4n) is 1.45. The average Bonchev–Trinajstić information content (AvgIpc) is 2.83. The number of methoxy groups -OCH3 is 1. The minimum Gasteiger partial charge on any atom is -0.383 e. The molecule has 0 fully saturated rings. The highest BCUT2D eigenvalue weighted by Gasteiger charge is 2.05. The second-order valence-electron chi connectivity index (χ2n) is 3.69. The predicted molar refractivity (Wildman–Crippen MR) is 68.9 cm³/mol. The number of hydrogen-bond acceptors (Lipinski definition) is 5. The molecule has 0 radical (unpaired) electrons. The quantitative estimate of drug-likeness (QED) is 0.814. The third kappa shape index (κ3) is 3.56. The third-order valence-corrected chi connectivity index (χ3v) is 3.16. The normalized spacial score (nSPS) is 10.8. The molecule has 2 heterocycles. The van der Waals surface area contributed by atoms with E-state index in [1.54, 1.807) is 24.6 Å². The zero-order chi connectivity index (χ0) is 12.8. The number of nitrogens with one attached hydrogen (secondary N) is 1. The highest BCUT2D eigenvalue weighted by atomic mass is 32.1. The number of hydrogen-bond donors (Lipinski definition) is 1. The average molecular weight is 267 g/mol. The fourth-order valence-corrected chi connectivity index (χ4v) is 2.22. The van der Waals surface area contributed by atoms with Crippen molar-refractivity contribution in [2.45, 2.75) is 6.54 Å². The number of ether oxygens (including phenoxy) is 1. The predicted octanol–water partition coefficient (Wildman–Crippen LogP) is 2.08. The number of aromatic nitrogens is 2. The van der Waals surface area contributed by atoms with Crippen LogP contribution in [0.25, 0.3) is 11.3 Å². The van der Waals surface area contributed by atoms with Crippen LogP contribution in [0.1, 0.15) is 5.01 Å². The molecule has 6 heteroatoms. The van der Waals surface area contributed by atoms with E-state index in [1.807, 2.05) is 5.38 Å². The van der Waals surface area contributed by atoms with E-state index < -0.39 is 0 Å². The van der Waals surface area contributed by atoms with Crippen molar-refractivity contribution in [1.82, 2.24) is 15.3 Å². The third-order valence-electron chi connectivity index (χ3n) is 2.31. The van der Waals surface area contributed by atoms with Gasteiger partial charge in [0.15, 0.2) is 0 Å². The highest BCUT2D eigenvalue weighted by molar-refractivity contribution is 7.09. The summed E-state index contributed by atoms with van der Waals surface area (Å²) in [6, 6.07) is 1.43. The van der Waals surface area contributed by atoms with E-state index in [-0.39, 0.29) is 5.82 Å². The molecule has 0 amide bonds. The second-order valence-corrected chi connectivity index (χ2v) is 4.63. The van der Waals surface area contributed by atoms with Crippen molar-refractivity contribution in [2.75, 3.05) is 20.3 Å². The maximum atomic E-state index is 13.0. The molecule has 0 atom stereocenters. The lowest BCUT2D eigenvalue weighted by Crippen LogP contribution is -2.18. The number of pyridine rings is 1. The highest BCUT2D eigenvalue weighted by Crippen LogP contribution is 2.21. The van der Waals surface area contributed by atoms with Crippen molar-refractivity contribution in [1.29, 1.82) is 0 Å².